The van der Waals surface area contributed by atoms with E-state index in [-0.39, 0.29) is 30.4 Å². The van der Waals surface area contributed by atoms with Crippen molar-refractivity contribution in [3.63, 3.8) is 0 Å². The number of aryl methyl sites for hydroxylation is 1. The minimum atomic E-state index is -0.569. The summed E-state index contributed by atoms with van der Waals surface area (Å²) < 4.78 is 17.2. The first kappa shape index (κ1) is 20.1. The Labute approximate surface area is 176 Å². The Balaban J connectivity index is 1.64. The molecule has 2 aromatic carbocycles. The zero-order chi connectivity index (χ0) is 20.3. The van der Waals surface area contributed by atoms with Crippen LogP contribution in [0.15, 0.2) is 38.3 Å². The number of carbonyl (C=O) groups is 1. The van der Waals surface area contributed by atoms with Gasteiger partial charge < -0.3 is 14.2 Å². The number of amides is 1. The van der Waals surface area contributed by atoms with Crippen molar-refractivity contribution in [3.05, 3.63) is 54.5 Å². The molecule has 0 fully saturated rings. The molecule has 2 aromatic rings. The molecule has 3 rings (SSSR count). The van der Waals surface area contributed by atoms with Gasteiger partial charge in [-0.1, -0.05) is 0 Å². The second-order valence-corrected chi connectivity index (χ2v) is 7.37. The third kappa shape index (κ3) is 4.60. The van der Waals surface area contributed by atoms with Crippen molar-refractivity contribution in [1.29, 1.82) is 0 Å². The summed E-state index contributed by atoms with van der Waals surface area (Å²) in [6.45, 7) is 1.63. The number of fused-ring (bicyclic) bond motifs is 1. The lowest BCUT2D eigenvalue weighted by atomic mass is 10.1. The standard InChI is InChI=1S/C17H13Br2N3O6/c1-9-2-11(18)17(12(19)3-9)26-7-16(23)21-20-6-10-4-14-15(28-8-27-14)5-13(10)22(24)25/h2-6H,7-8H2,1H3,(H,21,23)/b20-6+. The molecule has 0 saturated heterocycles. The highest BCUT2D eigenvalue weighted by Crippen LogP contribution is 2.37. The average Bonchev–Trinajstić information content (AvgIpc) is 3.07. The van der Waals surface area contributed by atoms with Gasteiger partial charge in [0.1, 0.15) is 5.75 Å². The molecule has 28 heavy (non-hydrogen) atoms. The summed E-state index contributed by atoms with van der Waals surface area (Å²) in [7, 11) is 0. The van der Waals surface area contributed by atoms with E-state index in [0.29, 0.717) is 20.4 Å². The Bertz CT molecular complexity index is 957. The van der Waals surface area contributed by atoms with Crippen molar-refractivity contribution in [2.45, 2.75) is 6.92 Å². The summed E-state index contributed by atoms with van der Waals surface area (Å²) in [5, 5.41) is 14.9. The number of benzene rings is 2. The largest absolute Gasteiger partial charge is 0.481 e. The Morgan fingerprint density at radius 1 is 1.29 bits per heavy atom. The second kappa shape index (κ2) is 8.57. The van der Waals surface area contributed by atoms with Crippen molar-refractivity contribution in [2.24, 2.45) is 5.10 Å². The number of halogens is 2. The molecule has 0 aliphatic carbocycles. The molecule has 0 atom stereocenters. The molecule has 0 bridgehead atoms. The van der Waals surface area contributed by atoms with E-state index in [1.54, 1.807) is 0 Å². The number of rotatable bonds is 6. The van der Waals surface area contributed by atoms with Gasteiger partial charge in [0.05, 0.1) is 31.7 Å². The van der Waals surface area contributed by atoms with Crippen molar-refractivity contribution in [3.8, 4) is 17.2 Å². The van der Waals surface area contributed by atoms with E-state index in [1.807, 2.05) is 19.1 Å². The van der Waals surface area contributed by atoms with Crippen LogP contribution in [0.1, 0.15) is 11.1 Å². The van der Waals surface area contributed by atoms with Crippen LogP contribution in [0, 0.1) is 17.0 Å². The molecule has 1 aliphatic heterocycles. The SMILES string of the molecule is Cc1cc(Br)c(OCC(=O)N/N=C/c2cc3c(cc2[N+](=O)[O-])OCO3)c(Br)c1. The van der Waals surface area contributed by atoms with Gasteiger partial charge in [-0.15, -0.1) is 0 Å². The molecule has 146 valence electrons. The summed E-state index contributed by atoms with van der Waals surface area (Å²) in [4.78, 5) is 22.6. The molecule has 0 radical (unpaired) electrons. The van der Waals surface area contributed by atoms with E-state index < -0.39 is 10.8 Å². The maximum absolute atomic E-state index is 11.9. The van der Waals surface area contributed by atoms with Crippen LogP contribution in [-0.2, 0) is 4.79 Å². The lowest BCUT2D eigenvalue weighted by Crippen LogP contribution is -2.24. The maximum Gasteiger partial charge on any atom is 0.282 e. The predicted octanol–water partition coefficient (Wildman–Crippen LogP) is 3.69. The molecule has 0 saturated carbocycles. The molecule has 1 N–H and O–H groups in total. The summed E-state index contributed by atoms with van der Waals surface area (Å²) >= 11 is 6.75. The number of hydrazone groups is 1. The zero-order valence-corrected chi connectivity index (χ0v) is 17.6. The first-order valence-corrected chi connectivity index (χ1v) is 9.42. The van der Waals surface area contributed by atoms with Crippen molar-refractivity contribution < 1.29 is 23.9 Å². The molecule has 0 spiro atoms. The minimum Gasteiger partial charge on any atom is -0.481 e. The first-order chi connectivity index (χ1) is 13.3. The molecule has 1 aliphatic rings. The van der Waals surface area contributed by atoms with Crippen LogP contribution in [0.25, 0.3) is 0 Å². The van der Waals surface area contributed by atoms with Crippen LogP contribution in [0.5, 0.6) is 17.2 Å². The number of nitro benzene ring substituents is 1. The Morgan fingerprint density at radius 3 is 2.57 bits per heavy atom. The normalized spacial score (nSPS) is 12.2. The first-order valence-electron chi connectivity index (χ1n) is 7.83. The lowest BCUT2D eigenvalue weighted by molar-refractivity contribution is -0.385. The minimum absolute atomic E-state index is 0.00864. The van der Waals surface area contributed by atoms with Crippen LogP contribution in [0.3, 0.4) is 0 Å². The van der Waals surface area contributed by atoms with Crippen LogP contribution >= 0.6 is 31.9 Å². The van der Waals surface area contributed by atoms with Gasteiger partial charge in [-0.05, 0) is 62.5 Å². The summed E-state index contributed by atoms with van der Waals surface area (Å²) in [5.74, 6) is 0.612. The highest BCUT2D eigenvalue weighted by Gasteiger charge is 2.22. The number of hydrogen-bond acceptors (Lipinski definition) is 7. The van der Waals surface area contributed by atoms with Crippen LogP contribution in [0.2, 0.25) is 0 Å². The average molecular weight is 515 g/mol. The molecule has 1 heterocycles. The van der Waals surface area contributed by atoms with E-state index in [2.05, 4.69) is 42.4 Å². The highest BCUT2D eigenvalue weighted by molar-refractivity contribution is 9.11. The smallest absolute Gasteiger partial charge is 0.282 e. The van der Waals surface area contributed by atoms with Gasteiger partial charge in [0.25, 0.3) is 11.6 Å². The fraction of sp³-hybridized carbons (Fsp3) is 0.176. The van der Waals surface area contributed by atoms with Crippen molar-refractivity contribution in [2.75, 3.05) is 13.4 Å². The van der Waals surface area contributed by atoms with Crippen LogP contribution in [0.4, 0.5) is 5.69 Å². The van der Waals surface area contributed by atoms with Gasteiger partial charge >= 0.3 is 0 Å². The van der Waals surface area contributed by atoms with Gasteiger partial charge in [0.15, 0.2) is 18.1 Å². The molecular weight excluding hydrogens is 502 g/mol. The molecule has 0 unspecified atom stereocenters. The number of carbonyl (C=O) groups excluding carboxylic acids is 1. The fourth-order valence-corrected chi connectivity index (χ4v) is 4.02. The molecular formula is C17H13Br2N3O6. The van der Waals surface area contributed by atoms with E-state index in [1.165, 1.54) is 12.1 Å². The summed E-state index contributed by atoms with van der Waals surface area (Å²) in [5.41, 5.74) is 3.23. The van der Waals surface area contributed by atoms with Crippen LogP contribution < -0.4 is 19.6 Å². The highest BCUT2D eigenvalue weighted by atomic mass is 79.9. The number of hydrogen-bond donors (Lipinski definition) is 1. The van der Waals surface area contributed by atoms with Crippen molar-refractivity contribution in [1.82, 2.24) is 5.43 Å². The second-order valence-electron chi connectivity index (χ2n) is 5.66. The quantitative estimate of drug-likeness (QED) is 0.357. The monoisotopic (exact) mass is 513 g/mol. The molecule has 1 amide bonds. The number of nitro groups is 1. The van der Waals surface area contributed by atoms with Gasteiger partial charge in [0, 0.05) is 0 Å². The molecule has 11 heteroatoms. The van der Waals surface area contributed by atoms with Gasteiger partial charge in [-0.25, -0.2) is 5.43 Å². The lowest BCUT2D eigenvalue weighted by Gasteiger charge is -2.10. The maximum atomic E-state index is 11.9. The van der Waals surface area contributed by atoms with Crippen LogP contribution in [-0.4, -0.2) is 30.4 Å². The summed E-state index contributed by atoms with van der Waals surface area (Å²) in [6, 6.07) is 6.39. The van der Waals surface area contributed by atoms with E-state index in [4.69, 9.17) is 14.2 Å². The number of nitrogens with one attached hydrogen (secondary N) is 1. The number of ether oxygens (including phenoxy) is 3. The van der Waals surface area contributed by atoms with E-state index in [9.17, 15) is 14.9 Å². The third-order valence-electron chi connectivity index (χ3n) is 3.60. The fourth-order valence-electron chi connectivity index (χ4n) is 2.38. The van der Waals surface area contributed by atoms with Gasteiger partial charge in [-0.3, -0.25) is 14.9 Å². The zero-order valence-electron chi connectivity index (χ0n) is 14.4. The Hall–Kier alpha value is -2.66. The Morgan fingerprint density at radius 2 is 1.93 bits per heavy atom. The Kier molecular flexibility index (Phi) is 6.15. The summed E-state index contributed by atoms with van der Waals surface area (Å²) in [6.07, 6.45) is 1.16. The van der Waals surface area contributed by atoms with E-state index >= 15 is 0 Å². The van der Waals surface area contributed by atoms with Gasteiger partial charge in [0.2, 0.25) is 6.79 Å². The predicted molar refractivity (Wildman–Crippen MR) is 107 cm³/mol. The molecule has 9 nitrogen and oxygen atoms in total. The third-order valence-corrected chi connectivity index (χ3v) is 4.78. The van der Waals surface area contributed by atoms with Crippen molar-refractivity contribution >= 4 is 49.7 Å². The molecule has 0 aromatic heterocycles. The number of nitrogens with zero attached hydrogens (tertiary/aromatic N) is 2. The van der Waals surface area contributed by atoms with Gasteiger partial charge in [-0.2, -0.15) is 5.10 Å². The topological polar surface area (TPSA) is 112 Å². The van der Waals surface area contributed by atoms with E-state index in [0.717, 1.165) is 11.8 Å².